The maximum Gasteiger partial charge on any atom is 0.370 e. The Kier molecular flexibility index (Phi) is 11.6. The monoisotopic (exact) mass is 406 g/mol. The second-order valence-electron chi connectivity index (χ2n) is 5.61. The summed E-state index contributed by atoms with van der Waals surface area (Å²) in [6.07, 6.45) is 0. The van der Waals surface area contributed by atoms with Crippen molar-refractivity contribution >= 4 is 15.2 Å². The minimum absolute atomic E-state index is 0.0348. The van der Waals surface area contributed by atoms with Crippen LogP contribution in [0.1, 0.15) is 55.4 Å². The molecule has 0 aromatic rings. The molecule has 26 heavy (non-hydrogen) atoms. The van der Waals surface area contributed by atoms with E-state index in [1.54, 1.807) is 55.4 Å². The van der Waals surface area contributed by atoms with E-state index in [0.29, 0.717) is 11.1 Å². The Morgan fingerprint density at radius 1 is 0.615 bits per heavy atom. The van der Waals surface area contributed by atoms with Gasteiger partial charge in [0.05, 0.1) is 26.4 Å². The average Bonchev–Trinajstić information content (AvgIpc) is 2.51. The zero-order chi connectivity index (χ0) is 20.4. The van der Waals surface area contributed by atoms with Crippen molar-refractivity contribution in [1.82, 2.24) is 0 Å². The van der Waals surface area contributed by atoms with Gasteiger partial charge >= 0.3 is 15.2 Å². The molecule has 0 aliphatic carbocycles. The van der Waals surface area contributed by atoms with Gasteiger partial charge in [0.15, 0.2) is 0 Å². The van der Waals surface area contributed by atoms with Crippen LogP contribution in [0.3, 0.4) is 0 Å². The molecule has 0 amide bonds. The standard InChI is InChI=1S/C18H32O6P2/c1-9-21-25(19,22-10-2)17(13-15(5)6)18(14-16(7)8)26(20,23-11-3)24-12-4/h9-12H2,1-8H3. The lowest BCUT2D eigenvalue weighted by Crippen LogP contribution is -2.05. The molecule has 0 aliphatic heterocycles. The van der Waals surface area contributed by atoms with Crippen molar-refractivity contribution in [1.29, 1.82) is 0 Å². The second kappa shape index (κ2) is 11.9. The SMILES string of the molecule is CCOP(=O)(OCC)C(=C=C(C)C)C(=C=C(C)C)P(=O)(OCC)OCC. The van der Waals surface area contributed by atoms with Crippen LogP contribution in [0.4, 0.5) is 0 Å². The van der Waals surface area contributed by atoms with E-state index in [4.69, 9.17) is 18.1 Å². The van der Waals surface area contributed by atoms with Crippen LogP contribution < -0.4 is 0 Å². The van der Waals surface area contributed by atoms with E-state index in [1.807, 2.05) is 0 Å². The molecule has 0 saturated heterocycles. The molecular formula is C18H32O6P2. The quantitative estimate of drug-likeness (QED) is 0.224. The van der Waals surface area contributed by atoms with E-state index in [-0.39, 0.29) is 37.1 Å². The Bertz CT molecular complexity index is 606. The van der Waals surface area contributed by atoms with Crippen LogP contribution in [0.2, 0.25) is 0 Å². The van der Waals surface area contributed by atoms with E-state index in [1.165, 1.54) is 0 Å². The average molecular weight is 406 g/mol. The zero-order valence-corrected chi connectivity index (χ0v) is 19.0. The minimum Gasteiger partial charge on any atom is -0.305 e. The van der Waals surface area contributed by atoms with Gasteiger partial charge in [-0.05, 0) is 66.5 Å². The summed E-state index contributed by atoms with van der Waals surface area (Å²) in [7, 11) is -7.60. The predicted molar refractivity (Wildman–Crippen MR) is 105 cm³/mol. The first-order valence-corrected chi connectivity index (χ1v) is 11.9. The van der Waals surface area contributed by atoms with E-state index in [0.717, 1.165) is 0 Å². The maximum atomic E-state index is 13.5. The van der Waals surface area contributed by atoms with Gasteiger partial charge in [-0.3, -0.25) is 9.13 Å². The highest BCUT2D eigenvalue weighted by Crippen LogP contribution is 2.68. The maximum absolute atomic E-state index is 13.5. The van der Waals surface area contributed by atoms with Crippen molar-refractivity contribution in [2.75, 3.05) is 26.4 Å². The van der Waals surface area contributed by atoms with Crippen LogP contribution in [0, 0.1) is 0 Å². The Morgan fingerprint density at radius 2 is 0.846 bits per heavy atom. The van der Waals surface area contributed by atoms with Crippen molar-refractivity contribution in [3.63, 3.8) is 0 Å². The summed E-state index contributed by atoms with van der Waals surface area (Å²) in [4.78, 5) is 0. The molecular weight excluding hydrogens is 374 g/mol. The molecule has 0 aromatic carbocycles. The lowest BCUT2D eigenvalue weighted by molar-refractivity contribution is 0.220. The van der Waals surface area contributed by atoms with Gasteiger partial charge in [-0.25, -0.2) is 0 Å². The molecule has 0 radical (unpaired) electrons. The molecule has 0 rings (SSSR count). The van der Waals surface area contributed by atoms with Gasteiger partial charge in [0.2, 0.25) is 0 Å². The van der Waals surface area contributed by atoms with Crippen LogP contribution in [0.15, 0.2) is 33.2 Å². The number of allylic oxidation sites excluding steroid dienone is 2. The molecule has 6 nitrogen and oxygen atoms in total. The Morgan fingerprint density at radius 3 is 1.00 bits per heavy atom. The highest BCUT2D eigenvalue weighted by molar-refractivity contribution is 7.64. The van der Waals surface area contributed by atoms with Gasteiger partial charge in [-0.1, -0.05) is 0 Å². The van der Waals surface area contributed by atoms with E-state index >= 15 is 0 Å². The number of rotatable bonds is 11. The highest BCUT2D eigenvalue weighted by Gasteiger charge is 2.42. The highest BCUT2D eigenvalue weighted by atomic mass is 31.2. The summed E-state index contributed by atoms with van der Waals surface area (Å²) < 4.78 is 48.8. The molecule has 0 spiro atoms. The summed E-state index contributed by atoms with van der Waals surface area (Å²) in [6.45, 7) is 14.6. The number of hydrogen-bond acceptors (Lipinski definition) is 6. The molecule has 0 N–H and O–H groups in total. The van der Waals surface area contributed by atoms with Gasteiger partial charge in [0.1, 0.15) is 10.6 Å². The largest absolute Gasteiger partial charge is 0.370 e. The van der Waals surface area contributed by atoms with Crippen LogP contribution in [-0.2, 0) is 27.2 Å². The van der Waals surface area contributed by atoms with Gasteiger partial charge in [-0.2, -0.15) is 0 Å². The van der Waals surface area contributed by atoms with Crippen LogP contribution in [0.25, 0.3) is 0 Å². The van der Waals surface area contributed by atoms with Gasteiger partial charge in [-0.15, -0.1) is 11.5 Å². The van der Waals surface area contributed by atoms with Crippen molar-refractivity contribution < 1.29 is 27.2 Å². The van der Waals surface area contributed by atoms with E-state index in [2.05, 4.69) is 11.5 Å². The van der Waals surface area contributed by atoms with Crippen LogP contribution in [-0.4, -0.2) is 26.4 Å². The smallest absolute Gasteiger partial charge is 0.305 e. The summed E-state index contributed by atoms with van der Waals surface area (Å²) in [5.74, 6) is 0. The summed E-state index contributed by atoms with van der Waals surface area (Å²) in [5.41, 5.74) is 7.42. The van der Waals surface area contributed by atoms with Gasteiger partial charge in [0, 0.05) is 0 Å². The fourth-order valence-corrected chi connectivity index (χ4v) is 6.11. The fourth-order valence-electron chi connectivity index (χ4n) is 2.00. The zero-order valence-electron chi connectivity index (χ0n) is 17.2. The van der Waals surface area contributed by atoms with Crippen LogP contribution >= 0.6 is 15.2 Å². The first kappa shape index (κ1) is 25.3. The number of hydrogen-bond donors (Lipinski definition) is 0. The molecule has 0 aromatic heterocycles. The second-order valence-corrected chi connectivity index (χ2v) is 9.53. The molecule has 0 aliphatic rings. The normalized spacial score (nSPS) is 11.5. The summed E-state index contributed by atoms with van der Waals surface area (Å²) in [6, 6.07) is 0. The van der Waals surface area contributed by atoms with Gasteiger partial charge < -0.3 is 18.1 Å². The molecule has 0 saturated carbocycles. The Hall–Kier alpha value is -0.660. The minimum atomic E-state index is -3.80. The topological polar surface area (TPSA) is 71.1 Å². The molecule has 0 heterocycles. The van der Waals surface area contributed by atoms with Crippen molar-refractivity contribution in [2.45, 2.75) is 55.4 Å². The molecule has 0 fully saturated rings. The third kappa shape index (κ3) is 7.53. The molecule has 150 valence electrons. The predicted octanol–water partition coefficient (Wildman–Crippen LogP) is 6.42. The van der Waals surface area contributed by atoms with Crippen molar-refractivity contribution in [2.24, 2.45) is 0 Å². The molecule has 0 bridgehead atoms. The molecule has 0 unspecified atom stereocenters. The third-order valence-corrected chi connectivity index (χ3v) is 7.04. The van der Waals surface area contributed by atoms with E-state index in [9.17, 15) is 9.13 Å². The Balaban J connectivity index is 7.04. The molecule has 0 atom stereocenters. The lowest BCUT2D eigenvalue weighted by atomic mass is 10.3. The van der Waals surface area contributed by atoms with E-state index < -0.39 is 15.2 Å². The van der Waals surface area contributed by atoms with Crippen LogP contribution in [0.5, 0.6) is 0 Å². The first-order chi connectivity index (χ1) is 12.1. The molecule has 8 heteroatoms. The lowest BCUT2D eigenvalue weighted by Gasteiger charge is -2.24. The third-order valence-electron chi connectivity index (χ3n) is 2.71. The summed E-state index contributed by atoms with van der Waals surface area (Å²) >= 11 is 0. The van der Waals surface area contributed by atoms with Crippen molar-refractivity contribution in [3.8, 4) is 0 Å². The first-order valence-electron chi connectivity index (χ1n) is 8.78. The van der Waals surface area contributed by atoms with Gasteiger partial charge in [0.25, 0.3) is 0 Å². The Labute approximate surface area is 158 Å². The van der Waals surface area contributed by atoms with Crippen molar-refractivity contribution in [3.05, 3.63) is 33.2 Å². The summed E-state index contributed by atoms with van der Waals surface area (Å²) in [5, 5.41) is 0.0697. The fraction of sp³-hybridized carbons (Fsp3) is 0.667.